The van der Waals surface area contributed by atoms with E-state index in [1.165, 1.54) is 24.6 Å². The molecule has 1 saturated heterocycles. The van der Waals surface area contributed by atoms with Gasteiger partial charge < -0.3 is 9.84 Å². The fraction of sp³-hybridized carbons (Fsp3) is 0.486. The second-order valence-corrected chi connectivity index (χ2v) is 12.7. The van der Waals surface area contributed by atoms with Crippen molar-refractivity contribution >= 4 is 5.97 Å². The molecular formula is C35H41FN2O3. The molecule has 0 amide bonds. The third-order valence-corrected chi connectivity index (χ3v) is 9.75. The van der Waals surface area contributed by atoms with Gasteiger partial charge in [0, 0.05) is 29.9 Å². The molecule has 2 aromatic carbocycles. The van der Waals surface area contributed by atoms with Crippen LogP contribution in [0.25, 0.3) is 11.1 Å². The highest BCUT2D eigenvalue weighted by Gasteiger charge is 2.39. The molecule has 1 aliphatic carbocycles. The van der Waals surface area contributed by atoms with Gasteiger partial charge in [-0.25, -0.2) is 4.39 Å². The molecule has 0 unspecified atom stereocenters. The summed E-state index contributed by atoms with van der Waals surface area (Å²) in [5, 5.41) is 9.76. The molecule has 1 aromatic heterocycles. The number of carboxylic acid groups (broad SMARTS) is 1. The van der Waals surface area contributed by atoms with E-state index in [0.717, 1.165) is 65.9 Å². The van der Waals surface area contributed by atoms with E-state index in [9.17, 15) is 9.90 Å². The van der Waals surface area contributed by atoms with Crippen LogP contribution in [-0.2, 0) is 17.8 Å². The lowest BCUT2D eigenvalue weighted by Gasteiger charge is -2.30. The number of rotatable bonds is 8. The number of likely N-dealkylation sites (tertiary alicyclic amines) is 1. The van der Waals surface area contributed by atoms with Crippen LogP contribution in [0.4, 0.5) is 4.39 Å². The van der Waals surface area contributed by atoms with Gasteiger partial charge >= 0.3 is 5.97 Å². The fourth-order valence-corrected chi connectivity index (χ4v) is 7.12. The number of pyridine rings is 1. The van der Waals surface area contributed by atoms with E-state index in [0.29, 0.717) is 23.6 Å². The molecule has 3 heterocycles. The van der Waals surface area contributed by atoms with E-state index in [4.69, 9.17) is 4.74 Å². The molecule has 0 radical (unpaired) electrons. The van der Waals surface area contributed by atoms with Gasteiger partial charge in [-0.1, -0.05) is 37.3 Å². The minimum absolute atomic E-state index is 0.0100. The lowest BCUT2D eigenvalue weighted by molar-refractivity contribution is -0.142. The molecule has 0 bridgehead atoms. The number of carbonyl (C=O) groups is 1. The quantitative estimate of drug-likeness (QED) is 0.306. The van der Waals surface area contributed by atoms with Crippen molar-refractivity contribution in [2.75, 3.05) is 0 Å². The van der Waals surface area contributed by atoms with Crippen LogP contribution in [-0.4, -0.2) is 33.0 Å². The van der Waals surface area contributed by atoms with Gasteiger partial charge in [0.25, 0.3) is 0 Å². The number of hydrogen-bond acceptors (Lipinski definition) is 4. The van der Waals surface area contributed by atoms with Gasteiger partial charge in [0.05, 0.1) is 12.1 Å². The van der Waals surface area contributed by atoms with Crippen LogP contribution < -0.4 is 4.74 Å². The van der Waals surface area contributed by atoms with Crippen molar-refractivity contribution in [2.24, 2.45) is 11.8 Å². The SMILES string of the molecule is Cc1cc(-c2ccc([C@@H]3CCc4ccc([C@H](C5CC5)[C@H](C)C(=O)O)cc4O3)cc2CN2[C@H](C)CC[C@H]2C)c(F)cn1. The van der Waals surface area contributed by atoms with Crippen molar-refractivity contribution in [1.82, 2.24) is 9.88 Å². The zero-order valence-corrected chi connectivity index (χ0v) is 24.6. The molecule has 3 aromatic rings. The molecule has 3 aliphatic rings. The predicted molar refractivity (Wildman–Crippen MR) is 158 cm³/mol. The number of fused-ring (bicyclic) bond motifs is 1. The Labute approximate surface area is 242 Å². The van der Waals surface area contributed by atoms with E-state index in [1.54, 1.807) is 0 Å². The summed E-state index contributed by atoms with van der Waals surface area (Å²) in [5.41, 5.74) is 6.76. The molecule has 6 rings (SSSR count). The number of halogens is 1. The van der Waals surface area contributed by atoms with E-state index in [1.807, 2.05) is 19.9 Å². The first-order valence-corrected chi connectivity index (χ1v) is 15.2. The standard InChI is InChI=1S/C35H41FN2O3/c1-20-15-30(31(36)18-37-20)29-13-11-26(16-28(29)19-38-21(2)5-6-22(38)3)32-14-12-24-7-10-27(17-33(24)41-32)34(25-8-9-25)23(4)35(39)40/h7,10-11,13,15-18,21-23,25,32,34H,5-6,8-9,12,14,19H2,1-4H3,(H,39,40)/t21-,22-,23+,32+,34+/m1/s1. The summed E-state index contributed by atoms with van der Waals surface area (Å²) >= 11 is 0. The smallest absolute Gasteiger partial charge is 0.306 e. The highest BCUT2D eigenvalue weighted by Crippen LogP contribution is 2.48. The molecule has 41 heavy (non-hydrogen) atoms. The fourth-order valence-electron chi connectivity index (χ4n) is 7.12. The second kappa shape index (κ2) is 11.2. The molecule has 6 heteroatoms. The summed E-state index contributed by atoms with van der Waals surface area (Å²) < 4.78 is 21.7. The average Bonchev–Trinajstić information content (AvgIpc) is 3.75. The van der Waals surface area contributed by atoms with Crippen molar-refractivity contribution < 1.29 is 19.0 Å². The summed E-state index contributed by atoms with van der Waals surface area (Å²) in [6.45, 7) is 9.04. The number of carboxylic acids is 1. The van der Waals surface area contributed by atoms with E-state index >= 15 is 4.39 Å². The number of nitrogens with zero attached hydrogens (tertiary/aromatic N) is 2. The molecule has 1 N–H and O–H groups in total. The summed E-state index contributed by atoms with van der Waals surface area (Å²) in [4.78, 5) is 18.6. The van der Waals surface area contributed by atoms with Crippen LogP contribution in [0, 0.1) is 24.6 Å². The van der Waals surface area contributed by atoms with Crippen molar-refractivity contribution in [3.05, 3.63) is 82.4 Å². The number of aromatic nitrogens is 1. The maximum absolute atomic E-state index is 15.1. The zero-order chi connectivity index (χ0) is 28.8. The lowest BCUT2D eigenvalue weighted by Crippen LogP contribution is -2.32. The summed E-state index contributed by atoms with van der Waals surface area (Å²) in [6, 6.07) is 15.5. The molecule has 1 saturated carbocycles. The summed E-state index contributed by atoms with van der Waals surface area (Å²) in [7, 11) is 0. The van der Waals surface area contributed by atoms with Crippen LogP contribution in [0.15, 0.2) is 48.7 Å². The lowest BCUT2D eigenvalue weighted by atomic mass is 9.82. The minimum Gasteiger partial charge on any atom is -0.485 e. The van der Waals surface area contributed by atoms with E-state index in [-0.39, 0.29) is 17.8 Å². The first-order valence-electron chi connectivity index (χ1n) is 15.2. The minimum atomic E-state index is -0.742. The van der Waals surface area contributed by atoms with Gasteiger partial charge in [0.15, 0.2) is 0 Å². The highest BCUT2D eigenvalue weighted by atomic mass is 19.1. The Hall–Kier alpha value is -3.25. The Balaban J connectivity index is 1.33. The Morgan fingerprint density at radius 2 is 1.80 bits per heavy atom. The average molecular weight is 557 g/mol. The summed E-state index contributed by atoms with van der Waals surface area (Å²) in [6.07, 6.45) is 7.49. The third kappa shape index (κ3) is 5.63. The van der Waals surface area contributed by atoms with Gasteiger partial charge in [-0.05, 0) is 111 Å². The Morgan fingerprint density at radius 3 is 2.51 bits per heavy atom. The Bertz CT molecular complexity index is 1440. The van der Waals surface area contributed by atoms with Crippen LogP contribution >= 0.6 is 0 Å². The van der Waals surface area contributed by atoms with Crippen molar-refractivity contribution in [2.45, 2.75) is 96.9 Å². The normalized spacial score (nSPS) is 24.0. The largest absolute Gasteiger partial charge is 0.485 e. The molecule has 5 atom stereocenters. The van der Waals surface area contributed by atoms with E-state index in [2.05, 4.69) is 60.1 Å². The van der Waals surface area contributed by atoms with Crippen LogP contribution in [0.2, 0.25) is 0 Å². The summed E-state index contributed by atoms with van der Waals surface area (Å²) in [5.74, 6) is -0.165. The van der Waals surface area contributed by atoms with Crippen LogP contribution in [0.5, 0.6) is 5.75 Å². The van der Waals surface area contributed by atoms with Gasteiger partial charge in [0.2, 0.25) is 0 Å². The van der Waals surface area contributed by atoms with Gasteiger partial charge in [-0.15, -0.1) is 0 Å². The number of benzene rings is 2. The highest BCUT2D eigenvalue weighted by molar-refractivity contribution is 5.71. The number of hydrogen-bond donors (Lipinski definition) is 1. The number of aryl methyl sites for hydroxylation is 2. The first kappa shape index (κ1) is 27.9. The van der Waals surface area contributed by atoms with Crippen LogP contribution in [0.3, 0.4) is 0 Å². The van der Waals surface area contributed by atoms with Gasteiger partial charge in [0.1, 0.15) is 17.7 Å². The molecule has 2 fully saturated rings. The molecular weight excluding hydrogens is 515 g/mol. The monoisotopic (exact) mass is 556 g/mol. The van der Waals surface area contributed by atoms with Crippen molar-refractivity contribution in [3.8, 4) is 16.9 Å². The predicted octanol–water partition coefficient (Wildman–Crippen LogP) is 7.85. The van der Waals surface area contributed by atoms with E-state index < -0.39 is 11.9 Å². The Kier molecular flexibility index (Phi) is 7.62. The second-order valence-electron chi connectivity index (χ2n) is 12.7. The first-order chi connectivity index (χ1) is 19.7. The molecule has 5 nitrogen and oxygen atoms in total. The zero-order valence-electron chi connectivity index (χ0n) is 24.6. The molecule has 0 spiro atoms. The van der Waals surface area contributed by atoms with Crippen molar-refractivity contribution in [1.29, 1.82) is 0 Å². The van der Waals surface area contributed by atoms with Gasteiger partial charge in [-0.2, -0.15) is 0 Å². The van der Waals surface area contributed by atoms with Gasteiger partial charge in [-0.3, -0.25) is 14.7 Å². The number of ether oxygens (including phenoxy) is 1. The maximum Gasteiger partial charge on any atom is 0.306 e. The Morgan fingerprint density at radius 1 is 1.05 bits per heavy atom. The molecule has 2 aliphatic heterocycles. The van der Waals surface area contributed by atoms with Crippen molar-refractivity contribution in [3.63, 3.8) is 0 Å². The number of aliphatic carboxylic acids is 1. The third-order valence-electron chi connectivity index (χ3n) is 9.75. The maximum atomic E-state index is 15.1. The topological polar surface area (TPSA) is 62.7 Å². The molecule has 216 valence electrons. The van der Waals surface area contributed by atoms with Crippen LogP contribution in [0.1, 0.15) is 92.8 Å².